The molecule has 0 bridgehead atoms. The van der Waals surface area contributed by atoms with E-state index >= 15 is 0 Å². The number of alkyl halides is 3. The van der Waals surface area contributed by atoms with E-state index in [1.54, 1.807) is 12.3 Å². The number of hydrogen-bond donors (Lipinski definition) is 1. The molecule has 1 N–H and O–H groups in total. The first kappa shape index (κ1) is 20.4. The molecule has 9 heteroatoms. The van der Waals surface area contributed by atoms with Crippen LogP contribution in [0.3, 0.4) is 0 Å². The van der Waals surface area contributed by atoms with Gasteiger partial charge in [0.15, 0.2) is 0 Å². The van der Waals surface area contributed by atoms with Crippen molar-refractivity contribution in [3.8, 4) is 0 Å². The number of halogens is 3. The van der Waals surface area contributed by atoms with E-state index in [2.05, 4.69) is 5.32 Å². The lowest BCUT2D eigenvalue weighted by Crippen LogP contribution is -2.30. The van der Waals surface area contributed by atoms with E-state index in [-0.39, 0.29) is 23.5 Å². The molecule has 0 saturated carbocycles. The second kappa shape index (κ2) is 8.38. The number of aryl methyl sites for hydroxylation is 1. The van der Waals surface area contributed by atoms with E-state index in [9.17, 15) is 22.8 Å². The Hall–Kier alpha value is -2.29. The zero-order chi connectivity index (χ0) is 20.3. The number of hydrogen-bond acceptors (Lipinski definition) is 4. The summed E-state index contributed by atoms with van der Waals surface area (Å²) in [6, 6.07) is 3.47. The molecule has 0 radical (unpaired) electrons. The largest absolute Gasteiger partial charge is 0.416 e. The fourth-order valence-electron chi connectivity index (χ4n) is 3.32. The summed E-state index contributed by atoms with van der Waals surface area (Å²) in [5.41, 5.74) is 0.727. The van der Waals surface area contributed by atoms with E-state index in [1.807, 2.05) is 4.90 Å². The van der Waals surface area contributed by atoms with Crippen LogP contribution in [0, 0.1) is 6.92 Å². The van der Waals surface area contributed by atoms with Crippen LogP contribution in [0.2, 0.25) is 0 Å². The molecule has 1 aromatic carbocycles. The Labute approximate surface area is 164 Å². The number of aromatic nitrogens is 1. The highest BCUT2D eigenvalue weighted by Gasteiger charge is 2.31. The maximum absolute atomic E-state index is 13.1. The molecule has 1 saturated heterocycles. The van der Waals surface area contributed by atoms with Crippen molar-refractivity contribution in [2.45, 2.75) is 45.3 Å². The van der Waals surface area contributed by atoms with Crippen LogP contribution >= 0.6 is 11.3 Å². The van der Waals surface area contributed by atoms with Gasteiger partial charge in [0.25, 0.3) is 0 Å². The predicted molar refractivity (Wildman–Crippen MR) is 104 cm³/mol. The van der Waals surface area contributed by atoms with Gasteiger partial charge in [0.2, 0.25) is 5.91 Å². The van der Waals surface area contributed by atoms with Crippen molar-refractivity contribution < 1.29 is 18.0 Å². The maximum atomic E-state index is 13.1. The minimum Gasteiger partial charge on any atom is -0.370 e. The molecule has 3 rings (SSSR count). The minimum absolute atomic E-state index is 0.00711. The normalized spacial score (nSPS) is 14.9. The topological polar surface area (TPSA) is 54.3 Å². The second-order valence-electron chi connectivity index (χ2n) is 6.87. The Morgan fingerprint density at radius 3 is 2.54 bits per heavy atom. The van der Waals surface area contributed by atoms with Gasteiger partial charge in [0.1, 0.15) is 0 Å². The van der Waals surface area contributed by atoms with Crippen molar-refractivity contribution >= 4 is 28.6 Å². The lowest BCUT2D eigenvalue weighted by molar-refractivity contribution is -0.137. The molecule has 0 aliphatic carbocycles. The van der Waals surface area contributed by atoms with Gasteiger partial charge in [-0.1, -0.05) is 11.3 Å². The van der Waals surface area contributed by atoms with Gasteiger partial charge in [0, 0.05) is 37.1 Å². The number of piperidine rings is 1. The van der Waals surface area contributed by atoms with Gasteiger partial charge in [-0.05, 0) is 44.4 Å². The standard InChI is InChI=1S/C19H22F3N3O2S/c1-13-12-28-18(27)25(13)10-7-17(26)23-15-11-14(19(20,21)22)5-6-16(15)24-8-3-2-4-9-24/h5-6,11-12H,2-4,7-10H2,1H3,(H,23,26). The number of amides is 1. The second-order valence-corrected chi connectivity index (χ2v) is 7.69. The van der Waals surface area contributed by atoms with Crippen LogP contribution in [-0.2, 0) is 17.5 Å². The highest BCUT2D eigenvalue weighted by Crippen LogP contribution is 2.36. The van der Waals surface area contributed by atoms with Crippen LogP contribution in [0.5, 0.6) is 0 Å². The molecule has 2 aromatic rings. The molecular formula is C19H22F3N3O2S. The zero-order valence-electron chi connectivity index (χ0n) is 15.5. The summed E-state index contributed by atoms with van der Waals surface area (Å²) in [7, 11) is 0. The molecule has 1 aliphatic heterocycles. The summed E-state index contributed by atoms with van der Waals surface area (Å²) in [5, 5.41) is 4.34. The molecule has 5 nitrogen and oxygen atoms in total. The quantitative estimate of drug-likeness (QED) is 0.797. The summed E-state index contributed by atoms with van der Waals surface area (Å²) in [6.45, 7) is 3.46. The van der Waals surface area contributed by atoms with E-state index < -0.39 is 17.6 Å². The van der Waals surface area contributed by atoms with Crippen LogP contribution in [0.25, 0.3) is 0 Å². The first-order valence-corrected chi connectivity index (χ1v) is 10.0. The molecule has 0 spiro atoms. The van der Waals surface area contributed by atoms with Gasteiger partial charge in [-0.2, -0.15) is 13.2 Å². The van der Waals surface area contributed by atoms with Crippen LogP contribution in [-0.4, -0.2) is 23.6 Å². The fraction of sp³-hybridized carbons (Fsp3) is 0.474. The first-order valence-electron chi connectivity index (χ1n) is 9.16. The molecule has 0 unspecified atom stereocenters. The molecule has 1 amide bonds. The van der Waals surface area contributed by atoms with Crippen molar-refractivity contribution in [1.29, 1.82) is 0 Å². The Balaban J connectivity index is 1.79. The van der Waals surface area contributed by atoms with Crippen LogP contribution in [0.15, 0.2) is 28.4 Å². The smallest absolute Gasteiger partial charge is 0.370 e. The van der Waals surface area contributed by atoms with Gasteiger partial charge in [0.05, 0.1) is 16.9 Å². The predicted octanol–water partition coefficient (Wildman–Crippen LogP) is 4.26. The van der Waals surface area contributed by atoms with Crippen molar-refractivity contribution in [2.24, 2.45) is 0 Å². The SMILES string of the molecule is Cc1csc(=O)n1CCC(=O)Nc1cc(C(F)(F)F)ccc1N1CCCCC1. The van der Waals surface area contributed by atoms with Gasteiger partial charge in [-0.25, -0.2) is 0 Å². The third kappa shape index (κ3) is 4.76. The monoisotopic (exact) mass is 413 g/mol. The van der Waals surface area contributed by atoms with Gasteiger partial charge < -0.3 is 14.8 Å². The third-order valence-electron chi connectivity index (χ3n) is 4.83. The molecule has 28 heavy (non-hydrogen) atoms. The average molecular weight is 413 g/mol. The Morgan fingerprint density at radius 1 is 1.21 bits per heavy atom. The van der Waals surface area contributed by atoms with Gasteiger partial charge >= 0.3 is 11.0 Å². The van der Waals surface area contributed by atoms with Gasteiger partial charge in [-0.15, -0.1) is 0 Å². The van der Waals surface area contributed by atoms with Crippen molar-refractivity contribution in [3.63, 3.8) is 0 Å². The van der Waals surface area contributed by atoms with Crippen LogP contribution in [0.1, 0.15) is 36.9 Å². The van der Waals surface area contributed by atoms with Crippen molar-refractivity contribution in [3.05, 3.63) is 44.5 Å². The third-order valence-corrected chi connectivity index (χ3v) is 5.71. The highest BCUT2D eigenvalue weighted by atomic mass is 32.1. The Bertz CT molecular complexity index is 899. The molecule has 1 fully saturated rings. The van der Waals surface area contributed by atoms with Crippen molar-refractivity contribution in [1.82, 2.24) is 4.57 Å². The number of anilines is 2. The van der Waals surface area contributed by atoms with Gasteiger partial charge in [-0.3, -0.25) is 9.59 Å². The Kier molecular flexibility index (Phi) is 6.12. The molecule has 1 aliphatic rings. The Morgan fingerprint density at radius 2 is 1.93 bits per heavy atom. The zero-order valence-corrected chi connectivity index (χ0v) is 16.3. The number of rotatable bonds is 5. The number of nitrogens with zero attached hydrogens (tertiary/aromatic N) is 2. The number of thiazole rings is 1. The molecule has 152 valence electrons. The lowest BCUT2D eigenvalue weighted by Gasteiger charge is -2.31. The van der Waals surface area contributed by atoms with E-state index in [0.717, 1.165) is 61.5 Å². The lowest BCUT2D eigenvalue weighted by atomic mass is 10.1. The molecule has 1 aromatic heterocycles. The minimum atomic E-state index is -4.49. The number of carbonyl (C=O) groups excluding carboxylic acids is 1. The summed E-state index contributed by atoms with van der Waals surface area (Å²) in [4.78, 5) is 26.0. The highest BCUT2D eigenvalue weighted by molar-refractivity contribution is 7.07. The molecule has 2 heterocycles. The molecular weight excluding hydrogens is 391 g/mol. The van der Waals surface area contributed by atoms with Crippen molar-refractivity contribution in [2.75, 3.05) is 23.3 Å². The summed E-state index contributed by atoms with van der Waals surface area (Å²) >= 11 is 1.06. The average Bonchev–Trinajstić information content (AvgIpc) is 2.98. The summed E-state index contributed by atoms with van der Waals surface area (Å²) < 4.78 is 40.9. The van der Waals surface area contributed by atoms with E-state index in [4.69, 9.17) is 0 Å². The number of benzene rings is 1. The van der Waals surface area contributed by atoms with Crippen LogP contribution in [0.4, 0.5) is 24.5 Å². The maximum Gasteiger partial charge on any atom is 0.416 e. The fourth-order valence-corrected chi connectivity index (χ4v) is 4.08. The first-order chi connectivity index (χ1) is 13.3. The van der Waals surface area contributed by atoms with E-state index in [1.165, 1.54) is 10.6 Å². The summed E-state index contributed by atoms with van der Waals surface area (Å²) in [6.07, 6.45) is -1.45. The van der Waals surface area contributed by atoms with E-state index in [0.29, 0.717) is 5.69 Å². The number of carbonyl (C=O) groups is 1. The summed E-state index contributed by atoms with van der Waals surface area (Å²) in [5.74, 6) is -0.421. The number of nitrogens with one attached hydrogen (secondary N) is 1. The van der Waals surface area contributed by atoms with Crippen LogP contribution < -0.4 is 15.1 Å². The molecule has 0 atom stereocenters.